The number of aromatic nitrogens is 1. The average molecular weight is 295 g/mol. The normalized spacial score (nSPS) is 17.5. The van der Waals surface area contributed by atoms with Crippen molar-refractivity contribution in [2.75, 3.05) is 11.4 Å². The Kier molecular flexibility index (Phi) is 4.14. The maximum absolute atomic E-state index is 12.4. The molecule has 2 aromatic rings. The molecule has 1 atom stereocenters. The molecule has 1 aromatic heterocycles. The molecule has 112 valence electrons. The van der Waals surface area contributed by atoms with Gasteiger partial charge in [-0.1, -0.05) is 24.3 Å². The SMILES string of the molecule is O=C(NCc1cccnc1)C1CCN(c2ccccc2)C1=O. The Balaban J connectivity index is 1.61. The van der Waals surface area contributed by atoms with Crippen molar-refractivity contribution < 1.29 is 9.59 Å². The number of rotatable bonds is 4. The quantitative estimate of drug-likeness (QED) is 0.874. The summed E-state index contributed by atoms with van der Waals surface area (Å²) in [6, 6.07) is 13.2. The first-order valence-electron chi connectivity index (χ1n) is 7.29. The summed E-state index contributed by atoms with van der Waals surface area (Å²) in [6.45, 7) is 0.968. The van der Waals surface area contributed by atoms with Crippen LogP contribution in [0.5, 0.6) is 0 Å². The number of pyridine rings is 1. The summed E-state index contributed by atoms with van der Waals surface area (Å²) < 4.78 is 0. The smallest absolute Gasteiger partial charge is 0.239 e. The number of amides is 2. The van der Waals surface area contributed by atoms with E-state index in [2.05, 4.69) is 10.3 Å². The third-order valence-electron chi connectivity index (χ3n) is 3.78. The van der Waals surface area contributed by atoms with Gasteiger partial charge >= 0.3 is 0 Å². The van der Waals surface area contributed by atoms with Crippen LogP contribution in [-0.2, 0) is 16.1 Å². The second-order valence-corrected chi connectivity index (χ2v) is 5.25. The fourth-order valence-corrected chi connectivity index (χ4v) is 2.60. The molecule has 1 unspecified atom stereocenters. The Labute approximate surface area is 129 Å². The summed E-state index contributed by atoms with van der Waals surface area (Å²) in [4.78, 5) is 30.3. The Bertz CT molecular complexity index is 658. The predicted molar refractivity (Wildman–Crippen MR) is 83.0 cm³/mol. The molecule has 1 aromatic carbocycles. The minimum Gasteiger partial charge on any atom is -0.351 e. The van der Waals surface area contributed by atoms with Crippen LogP contribution >= 0.6 is 0 Å². The Hall–Kier alpha value is -2.69. The molecule has 1 aliphatic rings. The van der Waals surface area contributed by atoms with Crippen molar-refractivity contribution in [3.8, 4) is 0 Å². The number of anilines is 1. The molecule has 5 nitrogen and oxygen atoms in total. The van der Waals surface area contributed by atoms with Gasteiger partial charge in [0.1, 0.15) is 5.92 Å². The minimum absolute atomic E-state index is 0.130. The first-order chi connectivity index (χ1) is 10.8. The van der Waals surface area contributed by atoms with Crippen LogP contribution in [0, 0.1) is 5.92 Å². The second kappa shape index (κ2) is 6.39. The molecule has 0 bridgehead atoms. The summed E-state index contributed by atoms with van der Waals surface area (Å²) in [5.41, 5.74) is 1.76. The number of nitrogens with one attached hydrogen (secondary N) is 1. The Morgan fingerprint density at radius 3 is 2.77 bits per heavy atom. The van der Waals surface area contributed by atoms with Crippen molar-refractivity contribution in [2.24, 2.45) is 5.92 Å². The Morgan fingerprint density at radius 1 is 1.23 bits per heavy atom. The van der Waals surface area contributed by atoms with Crippen molar-refractivity contribution in [1.82, 2.24) is 10.3 Å². The predicted octanol–water partition coefficient (Wildman–Crippen LogP) is 1.75. The van der Waals surface area contributed by atoms with E-state index in [1.807, 2.05) is 42.5 Å². The van der Waals surface area contributed by atoms with Crippen molar-refractivity contribution in [2.45, 2.75) is 13.0 Å². The molecule has 0 radical (unpaired) electrons. The van der Waals surface area contributed by atoms with Crippen LogP contribution in [0.25, 0.3) is 0 Å². The van der Waals surface area contributed by atoms with Crippen LogP contribution in [-0.4, -0.2) is 23.3 Å². The van der Waals surface area contributed by atoms with E-state index in [0.29, 0.717) is 19.5 Å². The lowest BCUT2D eigenvalue weighted by Crippen LogP contribution is -2.36. The molecule has 1 fully saturated rings. The van der Waals surface area contributed by atoms with Crippen molar-refractivity contribution >= 4 is 17.5 Å². The highest BCUT2D eigenvalue weighted by atomic mass is 16.2. The molecule has 0 saturated carbocycles. The molecule has 0 aliphatic carbocycles. The lowest BCUT2D eigenvalue weighted by atomic mass is 10.1. The molecule has 22 heavy (non-hydrogen) atoms. The van der Waals surface area contributed by atoms with Gasteiger partial charge in [-0.15, -0.1) is 0 Å². The highest BCUT2D eigenvalue weighted by Crippen LogP contribution is 2.25. The van der Waals surface area contributed by atoms with Gasteiger partial charge in [0.15, 0.2) is 0 Å². The fraction of sp³-hybridized carbons (Fsp3) is 0.235. The van der Waals surface area contributed by atoms with Crippen molar-refractivity contribution in [3.63, 3.8) is 0 Å². The largest absolute Gasteiger partial charge is 0.351 e. The van der Waals surface area contributed by atoms with Gasteiger partial charge in [-0.05, 0) is 30.2 Å². The lowest BCUT2D eigenvalue weighted by Gasteiger charge is -2.16. The zero-order valence-corrected chi connectivity index (χ0v) is 12.1. The molecule has 3 rings (SSSR count). The van der Waals surface area contributed by atoms with E-state index in [1.165, 1.54) is 0 Å². The van der Waals surface area contributed by atoms with Crippen LogP contribution in [0.3, 0.4) is 0 Å². The van der Waals surface area contributed by atoms with Crippen LogP contribution in [0.2, 0.25) is 0 Å². The van der Waals surface area contributed by atoms with Gasteiger partial charge in [0.25, 0.3) is 0 Å². The number of benzene rings is 1. The van der Waals surface area contributed by atoms with Crippen LogP contribution < -0.4 is 10.2 Å². The minimum atomic E-state index is -0.600. The summed E-state index contributed by atoms with van der Waals surface area (Å²) in [7, 11) is 0. The topological polar surface area (TPSA) is 62.3 Å². The van der Waals surface area contributed by atoms with E-state index in [9.17, 15) is 9.59 Å². The third kappa shape index (κ3) is 2.98. The summed E-state index contributed by atoms with van der Waals surface area (Å²) in [5.74, 6) is -0.945. The van der Waals surface area contributed by atoms with E-state index in [0.717, 1.165) is 11.3 Å². The first kappa shape index (κ1) is 14.3. The molecular weight excluding hydrogens is 278 g/mol. The van der Waals surface area contributed by atoms with Gasteiger partial charge in [0, 0.05) is 31.2 Å². The number of hydrogen-bond donors (Lipinski definition) is 1. The zero-order chi connectivity index (χ0) is 15.4. The molecule has 2 amide bonds. The van der Waals surface area contributed by atoms with E-state index in [4.69, 9.17) is 0 Å². The maximum atomic E-state index is 12.4. The van der Waals surface area contributed by atoms with E-state index < -0.39 is 5.92 Å². The molecular formula is C17H17N3O2. The average Bonchev–Trinajstić information content (AvgIpc) is 2.96. The molecule has 1 N–H and O–H groups in total. The van der Waals surface area contributed by atoms with Crippen LogP contribution in [0.1, 0.15) is 12.0 Å². The molecule has 0 spiro atoms. The van der Waals surface area contributed by atoms with E-state index >= 15 is 0 Å². The van der Waals surface area contributed by atoms with Gasteiger partial charge in [0.2, 0.25) is 11.8 Å². The van der Waals surface area contributed by atoms with E-state index in [1.54, 1.807) is 17.3 Å². The monoisotopic (exact) mass is 295 g/mol. The number of carbonyl (C=O) groups excluding carboxylic acids is 2. The Morgan fingerprint density at radius 2 is 2.05 bits per heavy atom. The number of hydrogen-bond acceptors (Lipinski definition) is 3. The number of carbonyl (C=O) groups is 2. The molecule has 1 saturated heterocycles. The van der Waals surface area contributed by atoms with Gasteiger partial charge in [0.05, 0.1) is 0 Å². The third-order valence-corrected chi connectivity index (χ3v) is 3.78. The van der Waals surface area contributed by atoms with E-state index in [-0.39, 0.29) is 11.8 Å². The van der Waals surface area contributed by atoms with Crippen molar-refractivity contribution in [1.29, 1.82) is 0 Å². The zero-order valence-electron chi connectivity index (χ0n) is 12.1. The standard InChI is InChI=1S/C17H17N3O2/c21-16(19-12-13-5-4-9-18-11-13)15-8-10-20(17(15)22)14-6-2-1-3-7-14/h1-7,9,11,15H,8,10,12H2,(H,19,21). The van der Waals surface area contributed by atoms with Crippen LogP contribution in [0.4, 0.5) is 5.69 Å². The van der Waals surface area contributed by atoms with Gasteiger partial charge < -0.3 is 10.2 Å². The maximum Gasteiger partial charge on any atom is 0.239 e. The molecule has 5 heteroatoms. The fourth-order valence-electron chi connectivity index (χ4n) is 2.60. The summed E-state index contributed by atoms with van der Waals surface area (Å²) in [5, 5.41) is 2.82. The molecule has 1 aliphatic heterocycles. The van der Waals surface area contributed by atoms with Crippen molar-refractivity contribution in [3.05, 3.63) is 60.4 Å². The highest BCUT2D eigenvalue weighted by Gasteiger charge is 2.37. The number of nitrogens with zero attached hydrogens (tertiary/aromatic N) is 2. The summed E-state index contributed by atoms with van der Waals surface area (Å²) in [6.07, 6.45) is 3.93. The molecule has 2 heterocycles. The van der Waals surface area contributed by atoms with Gasteiger partial charge in [-0.25, -0.2) is 0 Å². The van der Waals surface area contributed by atoms with Crippen LogP contribution in [0.15, 0.2) is 54.9 Å². The van der Waals surface area contributed by atoms with Gasteiger partial charge in [-0.3, -0.25) is 14.6 Å². The van der Waals surface area contributed by atoms with Gasteiger partial charge in [-0.2, -0.15) is 0 Å². The summed E-state index contributed by atoms with van der Waals surface area (Å²) >= 11 is 0. The highest BCUT2D eigenvalue weighted by molar-refractivity contribution is 6.09. The lowest BCUT2D eigenvalue weighted by molar-refractivity contribution is -0.132. The first-order valence-corrected chi connectivity index (χ1v) is 7.29. The number of para-hydroxylation sites is 1. The second-order valence-electron chi connectivity index (χ2n) is 5.25.